The molecule has 0 spiro atoms. The van der Waals surface area contributed by atoms with Crippen LogP contribution in [-0.2, 0) is 17.6 Å². The molecule has 4 heteroatoms. The summed E-state index contributed by atoms with van der Waals surface area (Å²) in [6, 6.07) is 13.4. The van der Waals surface area contributed by atoms with E-state index >= 15 is 0 Å². The molecule has 0 fully saturated rings. The minimum Gasteiger partial charge on any atom is -0.491 e. The second-order valence-electron chi connectivity index (χ2n) is 5.88. The Morgan fingerprint density at radius 1 is 1.00 bits per heavy atom. The minimum atomic E-state index is -0.850. The van der Waals surface area contributed by atoms with Crippen molar-refractivity contribution < 1.29 is 19.0 Å². The summed E-state index contributed by atoms with van der Waals surface area (Å²) in [5, 5.41) is 9.43. The van der Waals surface area contributed by atoms with E-state index in [0.717, 1.165) is 16.9 Å². The highest BCUT2D eigenvalue weighted by Gasteiger charge is 2.18. The Kier molecular flexibility index (Phi) is 5.74. The van der Waals surface area contributed by atoms with Gasteiger partial charge in [-0.15, -0.1) is 0 Å². The number of hydrogen-bond acceptors (Lipinski definition) is 2. The predicted octanol–water partition coefficient (Wildman–Crippen LogP) is 4.10. The van der Waals surface area contributed by atoms with Gasteiger partial charge in [-0.05, 0) is 62.1 Å². The lowest BCUT2D eigenvalue weighted by molar-refractivity contribution is -0.141. The molecule has 0 amide bonds. The number of carboxylic acid groups (broad SMARTS) is 1. The van der Waals surface area contributed by atoms with Gasteiger partial charge in [-0.3, -0.25) is 4.79 Å². The van der Waals surface area contributed by atoms with Gasteiger partial charge in [0.25, 0.3) is 0 Å². The van der Waals surface area contributed by atoms with Crippen molar-refractivity contribution in [2.24, 2.45) is 5.92 Å². The molecule has 0 heterocycles. The number of aliphatic carboxylic acids is 1. The smallest absolute Gasteiger partial charge is 0.307 e. The van der Waals surface area contributed by atoms with Crippen LogP contribution in [0.3, 0.4) is 0 Å². The van der Waals surface area contributed by atoms with Crippen molar-refractivity contribution in [1.82, 2.24) is 0 Å². The van der Waals surface area contributed by atoms with E-state index in [1.165, 1.54) is 12.1 Å². The van der Waals surface area contributed by atoms with Gasteiger partial charge < -0.3 is 9.84 Å². The number of ether oxygens (including phenoxy) is 1. The van der Waals surface area contributed by atoms with E-state index in [1.54, 1.807) is 12.1 Å². The zero-order valence-corrected chi connectivity index (χ0v) is 13.3. The first kappa shape index (κ1) is 17.0. The molecular weight excluding hydrogens is 295 g/mol. The number of rotatable bonds is 7. The first-order valence-electron chi connectivity index (χ1n) is 7.67. The van der Waals surface area contributed by atoms with Gasteiger partial charge in [0.1, 0.15) is 11.6 Å². The largest absolute Gasteiger partial charge is 0.491 e. The first-order valence-corrected chi connectivity index (χ1v) is 7.67. The van der Waals surface area contributed by atoms with Crippen LogP contribution in [0.5, 0.6) is 5.75 Å². The van der Waals surface area contributed by atoms with Gasteiger partial charge in [0.05, 0.1) is 12.0 Å². The quantitative estimate of drug-likeness (QED) is 0.836. The first-order chi connectivity index (χ1) is 10.9. The topological polar surface area (TPSA) is 46.5 Å². The highest BCUT2D eigenvalue weighted by Crippen LogP contribution is 2.19. The van der Waals surface area contributed by atoms with E-state index in [-0.39, 0.29) is 11.9 Å². The fourth-order valence-electron chi connectivity index (χ4n) is 2.41. The third-order valence-corrected chi connectivity index (χ3v) is 3.52. The molecule has 23 heavy (non-hydrogen) atoms. The molecule has 0 aliphatic carbocycles. The fourth-order valence-corrected chi connectivity index (χ4v) is 2.41. The summed E-state index contributed by atoms with van der Waals surface area (Å²) >= 11 is 0. The number of benzene rings is 2. The zero-order chi connectivity index (χ0) is 16.8. The summed E-state index contributed by atoms with van der Waals surface area (Å²) < 4.78 is 18.5. The van der Waals surface area contributed by atoms with Gasteiger partial charge in [-0.25, -0.2) is 4.39 Å². The van der Waals surface area contributed by atoms with E-state index < -0.39 is 11.9 Å². The monoisotopic (exact) mass is 316 g/mol. The van der Waals surface area contributed by atoms with E-state index in [4.69, 9.17) is 4.74 Å². The zero-order valence-electron chi connectivity index (χ0n) is 13.3. The second kappa shape index (κ2) is 7.77. The van der Waals surface area contributed by atoms with Crippen LogP contribution in [0.15, 0.2) is 48.5 Å². The third-order valence-electron chi connectivity index (χ3n) is 3.52. The van der Waals surface area contributed by atoms with E-state index in [9.17, 15) is 14.3 Å². The molecule has 3 nitrogen and oxygen atoms in total. The Morgan fingerprint density at radius 2 is 1.48 bits per heavy atom. The molecule has 2 rings (SSSR count). The normalized spacial score (nSPS) is 12.2. The molecule has 0 saturated heterocycles. The average Bonchev–Trinajstić information content (AvgIpc) is 2.50. The molecule has 0 saturated carbocycles. The highest BCUT2D eigenvalue weighted by atomic mass is 19.1. The van der Waals surface area contributed by atoms with Crippen LogP contribution in [0.4, 0.5) is 4.39 Å². The van der Waals surface area contributed by atoms with Crippen molar-refractivity contribution in [3.8, 4) is 5.75 Å². The molecule has 0 radical (unpaired) electrons. The molecule has 122 valence electrons. The number of halogens is 1. The van der Waals surface area contributed by atoms with Crippen LogP contribution >= 0.6 is 0 Å². The lowest BCUT2D eigenvalue weighted by Gasteiger charge is -2.14. The molecule has 1 atom stereocenters. The van der Waals surface area contributed by atoms with Crippen LogP contribution in [0, 0.1) is 11.7 Å². The van der Waals surface area contributed by atoms with Crippen LogP contribution in [0.25, 0.3) is 0 Å². The number of carbonyl (C=O) groups is 1. The molecule has 0 aromatic heterocycles. The Balaban J connectivity index is 2.04. The molecule has 1 unspecified atom stereocenters. The Morgan fingerprint density at radius 3 is 1.91 bits per heavy atom. The Labute approximate surface area is 135 Å². The standard InChI is InChI=1S/C19H21FO3/c1-13(2)23-18-9-5-15(6-10-18)12-16(19(21)22)11-14-3-7-17(20)8-4-14/h3-10,13,16H,11-12H2,1-2H3,(H,21,22). The van der Waals surface area contributed by atoms with Crippen LogP contribution < -0.4 is 4.74 Å². The lowest BCUT2D eigenvalue weighted by Crippen LogP contribution is -2.19. The molecule has 1 N–H and O–H groups in total. The van der Waals surface area contributed by atoms with Crippen molar-refractivity contribution >= 4 is 5.97 Å². The van der Waals surface area contributed by atoms with Crippen LogP contribution in [-0.4, -0.2) is 17.2 Å². The van der Waals surface area contributed by atoms with Crippen molar-refractivity contribution in [1.29, 1.82) is 0 Å². The van der Waals surface area contributed by atoms with E-state index in [1.807, 2.05) is 38.1 Å². The molecule has 0 aliphatic rings. The van der Waals surface area contributed by atoms with E-state index in [0.29, 0.717) is 12.8 Å². The van der Waals surface area contributed by atoms with Crippen LogP contribution in [0.1, 0.15) is 25.0 Å². The van der Waals surface area contributed by atoms with Crippen molar-refractivity contribution in [3.63, 3.8) is 0 Å². The summed E-state index contributed by atoms with van der Waals surface area (Å²) in [6.45, 7) is 3.91. The number of hydrogen-bond donors (Lipinski definition) is 1. The fraction of sp³-hybridized carbons (Fsp3) is 0.316. The summed E-state index contributed by atoms with van der Waals surface area (Å²) in [6.07, 6.45) is 0.903. The second-order valence-corrected chi connectivity index (χ2v) is 5.88. The van der Waals surface area contributed by atoms with Crippen LogP contribution in [0.2, 0.25) is 0 Å². The average molecular weight is 316 g/mol. The van der Waals surface area contributed by atoms with Gasteiger partial charge in [-0.2, -0.15) is 0 Å². The summed E-state index contributed by atoms with van der Waals surface area (Å²) in [5.74, 6) is -0.940. The molecule has 0 bridgehead atoms. The van der Waals surface area contributed by atoms with Crippen molar-refractivity contribution in [2.45, 2.75) is 32.8 Å². The lowest BCUT2D eigenvalue weighted by atomic mass is 9.92. The maximum absolute atomic E-state index is 12.9. The molecular formula is C19H21FO3. The van der Waals surface area contributed by atoms with E-state index in [2.05, 4.69) is 0 Å². The predicted molar refractivity (Wildman–Crippen MR) is 87.1 cm³/mol. The molecule has 2 aromatic rings. The van der Waals surface area contributed by atoms with Gasteiger partial charge in [0, 0.05) is 0 Å². The molecule has 0 aliphatic heterocycles. The summed E-state index contributed by atoms with van der Waals surface area (Å²) in [5.41, 5.74) is 1.76. The maximum atomic E-state index is 12.9. The van der Waals surface area contributed by atoms with Crippen molar-refractivity contribution in [3.05, 3.63) is 65.5 Å². The SMILES string of the molecule is CC(C)Oc1ccc(CC(Cc2ccc(F)cc2)C(=O)O)cc1. The minimum absolute atomic E-state index is 0.103. The Hall–Kier alpha value is -2.36. The maximum Gasteiger partial charge on any atom is 0.307 e. The summed E-state index contributed by atoms with van der Waals surface area (Å²) in [7, 11) is 0. The van der Waals surface area contributed by atoms with Gasteiger partial charge in [-0.1, -0.05) is 24.3 Å². The Bertz CT molecular complexity index is 633. The molecule has 2 aromatic carbocycles. The van der Waals surface area contributed by atoms with Gasteiger partial charge in [0.15, 0.2) is 0 Å². The van der Waals surface area contributed by atoms with Gasteiger partial charge in [0.2, 0.25) is 0 Å². The number of carboxylic acids is 1. The van der Waals surface area contributed by atoms with Crippen molar-refractivity contribution in [2.75, 3.05) is 0 Å². The highest BCUT2D eigenvalue weighted by molar-refractivity contribution is 5.70. The van der Waals surface area contributed by atoms with Gasteiger partial charge >= 0.3 is 5.97 Å². The third kappa shape index (κ3) is 5.40. The summed E-state index contributed by atoms with van der Waals surface area (Å²) in [4.78, 5) is 11.5.